The summed E-state index contributed by atoms with van der Waals surface area (Å²) >= 11 is 6.00. The Bertz CT molecular complexity index is 297. The zero-order valence-electron chi connectivity index (χ0n) is 8.83. The van der Waals surface area contributed by atoms with Crippen molar-refractivity contribution < 1.29 is 5.11 Å². The van der Waals surface area contributed by atoms with Crippen molar-refractivity contribution in [2.45, 2.75) is 13.3 Å². The summed E-state index contributed by atoms with van der Waals surface area (Å²) in [5, 5.41) is 12.6. The van der Waals surface area contributed by atoms with E-state index in [1.54, 1.807) is 6.07 Å². The highest BCUT2D eigenvalue weighted by Crippen LogP contribution is 2.27. The highest BCUT2D eigenvalue weighted by molar-refractivity contribution is 6.33. The largest absolute Gasteiger partial charge is 0.397 e. The number of aliphatic hydroxyl groups is 1. The highest BCUT2D eigenvalue weighted by Gasteiger charge is 2.06. The predicted molar refractivity (Wildman–Crippen MR) is 65.2 cm³/mol. The van der Waals surface area contributed by atoms with Gasteiger partial charge in [0.05, 0.1) is 16.4 Å². The summed E-state index contributed by atoms with van der Waals surface area (Å²) < 4.78 is 0. The molecule has 1 aromatic carbocycles. The van der Waals surface area contributed by atoms with Gasteiger partial charge in [-0.2, -0.15) is 0 Å². The molecule has 0 aromatic heterocycles. The van der Waals surface area contributed by atoms with Gasteiger partial charge in [-0.1, -0.05) is 24.6 Å². The number of hydrogen-bond acceptors (Lipinski definition) is 3. The van der Waals surface area contributed by atoms with Crippen molar-refractivity contribution in [3.05, 3.63) is 23.2 Å². The summed E-state index contributed by atoms with van der Waals surface area (Å²) in [7, 11) is 0. The zero-order chi connectivity index (χ0) is 11.3. The molecule has 0 aliphatic heterocycles. The Kier molecular flexibility index (Phi) is 4.72. The molecule has 0 spiro atoms. The number of para-hydroxylation sites is 1. The normalized spacial score (nSPS) is 12.5. The standard InChI is InChI=1S/C11H17ClN2O/c1-8(5-6-15)7-14-11-9(12)3-2-4-10(11)13/h2-4,8,14-15H,5-7,13H2,1H3. The molecule has 3 nitrogen and oxygen atoms in total. The van der Waals surface area contributed by atoms with Gasteiger partial charge in [-0.15, -0.1) is 0 Å². The first-order valence-corrected chi connectivity index (χ1v) is 5.41. The topological polar surface area (TPSA) is 58.3 Å². The van der Waals surface area contributed by atoms with E-state index in [9.17, 15) is 0 Å². The van der Waals surface area contributed by atoms with Crippen molar-refractivity contribution in [3.63, 3.8) is 0 Å². The van der Waals surface area contributed by atoms with Crippen LogP contribution in [0.2, 0.25) is 5.02 Å². The molecule has 0 aliphatic rings. The quantitative estimate of drug-likeness (QED) is 0.678. The van der Waals surface area contributed by atoms with Gasteiger partial charge in [0, 0.05) is 13.2 Å². The minimum absolute atomic E-state index is 0.209. The molecule has 1 atom stereocenters. The van der Waals surface area contributed by atoms with Crippen molar-refractivity contribution in [2.75, 3.05) is 24.2 Å². The third-order valence-electron chi connectivity index (χ3n) is 2.30. The van der Waals surface area contributed by atoms with Crippen LogP contribution >= 0.6 is 11.6 Å². The molecule has 0 bridgehead atoms. The van der Waals surface area contributed by atoms with Crippen LogP contribution in [-0.4, -0.2) is 18.3 Å². The van der Waals surface area contributed by atoms with Crippen LogP contribution in [0, 0.1) is 5.92 Å². The SMILES string of the molecule is CC(CCO)CNc1c(N)cccc1Cl. The van der Waals surface area contributed by atoms with Crippen LogP contribution in [0.25, 0.3) is 0 Å². The molecule has 4 heteroatoms. The average Bonchev–Trinajstić information content (AvgIpc) is 2.17. The van der Waals surface area contributed by atoms with E-state index in [1.165, 1.54) is 0 Å². The van der Waals surface area contributed by atoms with Gasteiger partial charge in [-0.3, -0.25) is 0 Å². The molecule has 1 unspecified atom stereocenters. The summed E-state index contributed by atoms with van der Waals surface area (Å²) in [6.07, 6.45) is 0.775. The van der Waals surface area contributed by atoms with Crippen LogP contribution in [-0.2, 0) is 0 Å². The fraction of sp³-hybridized carbons (Fsp3) is 0.455. The lowest BCUT2D eigenvalue weighted by Crippen LogP contribution is -2.13. The number of benzene rings is 1. The van der Waals surface area contributed by atoms with E-state index in [4.69, 9.17) is 22.4 Å². The Morgan fingerprint density at radius 1 is 1.53 bits per heavy atom. The predicted octanol–water partition coefficient (Wildman–Crippen LogP) is 2.35. The number of nitrogens with two attached hydrogens (primary N) is 1. The molecule has 1 aromatic rings. The summed E-state index contributed by atoms with van der Waals surface area (Å²) in [6.45, 7) is 3.03. The molecule has 84 valence electrons. The number of nitrogens with one attached hydrogen (secondary N) is 1. The van der Waals surface area contributed by atoms with E-state index in [1.807, 2.05) is 12.1 Å². The number of rotatable bonds is 5. The van der Waals surface area contributed by atoms with Gasteiger partial charge in [0.2, 0.25) is 0 Å². The minimum Gasteiger partial charge on any atom is -0.397 e. The van der Waals surface area contributed by atoms with Gasteiger partial charge in [0.15, 0.2) is 0 Å². The second-order valence-electron chi connectivity index (χ2n) is 3.70. The summed E-state index contributed by atoms with van der Waals surface area (Å²) in [5.74, 6) is 0.394. The second-order valence-corrected chi connectivity index (χ2v) is 4.11. The maximum absolute atomic E-state index is 8.76. The summed E-state index contributed by atoms with van der Waals surface area (Å²) in [5.41, 5.74) is 7.22. The Labute approximate surface area is 95.2 Å². The van der Waals surface area contributed by atoms with E-state index in [-0.39, 0.29) is 6.61 Å². The molecule has 0 fully saturated rings. The van der Waals surface area contributed by atoms with Gasteiger partial charge in [0.25, 0.3) is 0 Å². The van der Waals surface area contributed by atoms with Crippen LogP contribution in [0.5, 0.6) is 0 Å². The molecule has 0 aliphatic carbocycles. The first-order valence-electron chi connectivity index (χ1n) is 5.04. The molecular formula is C11H17ClN2O. The third kappa shape index (κ3) is 3.61. The molecule has 0 heterocycles. The molecule has 0 radical (unpaired) electrons. The number of anilines is 2. The van der Waals surface area contributed by atoms with Crippen molar-refractivity contribution in [1.82, 2.24) is 0 Å². The monoisotopic (exact) mass is 228 g/mol. The lowest BCUT2D eigenvalue weighted by Gasteiger charge is -2.14. The molecule has 4 N–H and O–H groups in total. The first kappa shape index (κ1) is 12.1. The highest BCUT2D eigenvalue weighted by atomic mass is 35.5. The first-order chi connectivity index (χ1) is 7.15. The molecule has 15 heavy (non-hydrogen) atoms. The maximum atomic E-state index is 8.76. The minimum atomic E-state index is 0.209. The van der Waals surface area contributed by atoms with Gasteiger partial charge in [0.1, 0.15) is 0 Å². The Balaban J connectivity index is 2.57. The van der Waals surface area contributed by atoms with Crippen molar-refractivity contribution in [3.8, 4) is 0 Å². The fourth-order valence-electron chi connectivity index (χ4n) is 1.33. The number of hydrogen-bond donors (Lipinski definition) is 3. The smallest absolute Gasteiger partial charge is 0.0763 e. The molecule has 0 saturated heterocycles. The summed E-state index contributed by atoms with van der Waals surface area (Å²) in [4.78, 5) is 0. The van der Waals surface area contributed by atoms with Crippen molar-refractivity contribution in [1.29, 1.82) is 0 Å². The molecule has 1 rings (SSSR count). The van der Waals surface area contributed by atoms with Crippen LogP contribution in [0.15, 0.2) is 18.2 Å². The Morgan fingerprint density at radius 2 is 2.27 bits per heavy atom. The van der Waals surface area contributed by atoms with Gasteiger partial charge < -0.3 is 16.2 Å². The Hall–Kier alpha value is -0.930. The number of aliphatic hydroxyl groups excluding tert-OH is 1. The van der Waals surface area contributed by atoms with E-state index in [0.717, 1.165) is 18.7 Å². The van der Waals surface area contributed by atoms with Gasteiger partial charge in [-0.05, 0) is 24.5 Å². The van der Waals surface area contributed by atoms with Crippen molar-refractivity contribution >= 4 is 23.0 Å². The van der Waals surface area contributed by atoms with E-state index in [0.29, 0.717) is 16.6 Å². The lowest BCUT2D eigenvalue weighted by molar-refractivity contribution is 0.266. The molecular weight excluding hydrogens is 212 g/mol. The lowest BCUT2D eigenvalue weighted by atomic mass is 10.1. The van der Waals surface area contributed by atoms with Crippen LogP contribution < -0.4 is 11.1 Å². The fourth-order valence-corrected chi connectivity index (χ4v) is 1.57. The maximum Gasteiger partial charge on any atom is 0.0763 e. The van der Waals surface area contributed by atoms with Crippen LogP contribution in [0.1, 0.15) is 13.3 Å². The van der Waals surface area contributed by atoms with Crippen molar-refractivity contribution in [2.24, 2.45) is 5.92 Å². The Morgan fingerprint density at radius 3 is 2.87 bits per heavy atom. The number of nitrogen functional groups attached to an aromatic ring is 1. The van der Waals surface area contributed by atoms with Gasteiger partial charge in [-0.25, -0.2) is 0 Å². The second kappa shape index (κ2) is 5.83. The van der Waals surface area contributed by atoms with Crippen LogP contribution in [0.3, 0.4) is 0 Å². The van der Waals surface area contributed by atoms with E-state index >= 15 is 0 Å². The van der Waals surface area contributed by atoms with E-state index in [2.05, 4.69) is 12.2 Å². The van der Waals surface area contributed by atoms with Crippen LogP contribution in [0.4, 0.5) is 11.4 Å². The molecule has 0 saturated carbocycles. The molecule has 0 amide bonds. The van der Waals surface area contributed by atoms with Gasteiger partial charge >= 0.3 is 0 Å². The third-order valence-corrected chi connectivity index (χ3v) is 2.61. The zero-order valence-corrected chi connectivity index (χ0v) is 9.59. The van der Waals surface area contributed by atoms with E-state index < -0.39 is 0 Å². The number of halogens is 1. The summed E-state index contributed by atoms with van der Waals surface area (Å²) in [6, 6.07) is 5.43. The average molecular weight is 229 g/mol.